The van der Waals surface area contributed by atoms with Crippen LogP contribution in [0.15, 0.2) is 70.9 Å². The number of carbonyl (C=O) groups is 1. The topological polar surface area (TPSA) is 89.8 Å². The van der Waals surface area contributed by atoms with Crippen molar-refractivity contribution >= 4 is 34.5 Å². The van der Waals surface area contributed by atoms with Crippen LogP contribution in [0.1, 0.15) is 18.1 Å². The molecule has 4 rings (SSSR count). The number of nitrogens with zero attached hydrogens (tertiary/aromatic N) is 4. The van der Waals surface area contributed by atoms with Crippen LogP contribution >= 0.6 is 11.8 Å². The van der Waals surface area contributed by atoms with Gasteiger partial charge in [-0.1, -0.05) is 43.0 Å². The van der Waals surface area contributed by atoms with E-state index in [4.69, 9.17) is 0 Å². The summed E-state index contributed by atoms with van der Waals surface area (Å²) >= 11 is 1.13. The molecule has 2 aromatic heterocycles. The molecule has 0 bridgehead atoms. The monoisotopic (exact) mass is 449 g/mol. The Morgan fingerprint density at radius 1 is 1.03 bits per heavy atom. The molecule has 4 aromatic rings. The molecule has 0 fully saturated rings. The molecular weight excluding hydrogens is 429 g/mol. The molecule has 0 aliphatic carbocycles. The van der Waals surface area contributed by atoms with Crippen molar-refractivity contribution in [1.82, 2.24) is 19.5 Å². The number of hydrogen-bond acceptors (Lipinski definition) is 6. The average molecular weight is 450 g/mol. The number of benzene rings is 2. The summed E-state index contributed by atoms with van der Waals surface area (Å²) < 4.78 is 14.7. The number of thioether (sulfide) groups is 1. The number of amides is 1. The number of aryl methyl sites for hydroxylation is 1. The van der Waals surface area contributed by atoms with Crippen molar-refractivity contribution in [2.24, 2.45) is 0 Å². The standard InChI is InChI=1S/C23H20FN5O2S/c1-2-15-5-9-18(10-6-15)27-19(30)14-32-23-28-21-20(25-11-12-26-21)22(31)29(23)13-16-3-7-17(24)8-4-16/h3-12H,2,13-14H2,1H3,(H,27,30). The number of halogens is 1. The van der Waals surface area contributed by atoms with E-state index in [0.29, 0.717) is 10.8 Å². The van der Waals surface area contributed by atoms with Crippen molar-refractivity contribution in [1.29, 1.82) is 0 Å². The molecule has 2 heterocycles. The molecule has 1 amide bonds. The SMILES string of the molecule is CCc1ccc(NC(=O)CSc2nc3nccnc3c(=O)n2Cc2ccc(F)cc2)cc1. The highest BCUT2D eigenvalue weighted by atomic mass is 32.2. The molecule has 9 heteroatoms. The van der Waals surface area contributed by atoms with Gasteiger partial charge in [-0.2, -0.15) is 0 Å². The van der Waals surface area contributed by atoms with Gasteiger partial charge in [-0.3, -0.25) is 14.2 Å². The number of fused-ring (bicyclic) bond motifs is 1. The minimum Gasteiger partial charge on any atom is -0.325 e. The Labute approximate surface area is 187 Å². The maximum Gasteiger partial charge on any atom is 0.282 e. The summed E-state index contributed by atoms with van der Waals surface area (Å²) in [4.78, 5) is 38.2. The van der Waals surface area contributed by atoms with Crippen LogP contribution in [0.2, 0.25) is 0 Å². The normalized spacial score (nSPS) is 10.9. The van der Waals surface area contributed by atoms with Gasteiger partial charge in [0.25, 0.3) is 5.56 Å². The van der Waals surface area contributed by atoms with Gasteiger partial charge in [0, 0.05) is 18.1 Å². The van der Waals surface area contributed by atoms with Crippen molar-refractivity contribution in [3.63, 3.8) is 0 Å². The van der Waals surface area contributed by atoms with Gasteiger partial charge in [-0.05, 0) is 41.8 Å². The zero-order valence-electron chi connectivity index (χ0n) is 17.3. The van der Waals surface area contributed by atoms with Gasteiger partial charge in [0.15, 0.2) is 16.3 Å². The highest BCUT2D eigenvalue weighted by Crippen LogP contribution is 2.19. The van der Waals surface area contributed by atoms with Crippen LogP contribution in [-0.2, 0) is 17.8 Å². The quantitative estimate of drug-likeness (QED) is 0.342. The molecule has 0 radical (unpaired) electrons. The van der Waals surface area contributed by atoms with Crippen molar-refractivity contribution < 1.29 is 9.18 Å². The molecular formula is C23H20FN5O2S. The van der Waals surface area contributed by atoms with E-state index in [9.17, 15) is 14.0 Å². The minimum absolute atomic E-state index is 0.0527. The predicted octanol–water partition coefficient (Wildman–Crippen LogP) is 3.67. The van der Waals surface area contributed by atoms with E-state index in [1.54, 1.807) is 12.1 Å². The Bertz CT molecular complexity index is 1310. The molecule has 1 N–H and O–H groups in total. The lowest BCUT2D eigenvalue weighted by atomic mass is 10.1. The summed E-state index contributed by atoms with van der Waals surface area (Å²) in [6, 6.07) is 13.5. The molecule has 7 nitrogen and oxygen atoms in total. The molecule has 0 aliphatic heterocycles. The average Bonchev–Trinajstić information content (AvgIpc) is 2.81. The largest absolute Gasteiger partial charge is 0.325 e. The molecule has 2 aromatic carbocycles. The third kappa shape index (κ3) is 5.00. The summed E-state index contributed by atoms with van der Waals surface area (Å²) in [6.07, 6.45) is 3.81. The fraction of sp³-hybridized carbons (Fsp3) is 0.174. The molecule has 0 saturated carbocycles. The van der Waals surface area contributed by atoms with E-state index < -0.39 is 0 Å². The highest BCUT2D eigenvalue weighted by Gasteiger charge is 2.15. The van der Waals surface area contributed by atoms with Crippen LogP contribution in [-0.4, -0.2) is 31.2 Å². The number of rotatable bonds is 7. The Kier molecular flexibility index (Phi) is 6.55. The summed E-state index contributed by atoms with van der Waals surface area (Å²) in [5, 5.41) is 3.18. The van der Waals surface area contributed by atoms with Gasteiger partial charge in [-0.15, -0.1) is 0 Å². The third-order valence-corrected chi connectivity index (χ3v) is 5.77. The highest BCUT2D eigenvalue weighted by molar-refractivity contribution is 7.99. The summed E-state index contributed by atoms with van der Waals surface area (Å²) in [5.41, 5.74) is 2.59. The molecule has 32 heavy (non-hydrogen) atoms. The lowest BCUT2D eigenvalue weighted by molar-refractivity contribution is -0.113. The fourth-order valence-electron chi connectivity index (χ4n) is 3.10. The van der Waals surface area contributed by atoms with E-state index in [1.807, 2.05) is 24.3 Å². The first-order valence-corrected chi connectivity index (χ1v) is 11.0. The van der Waals surface area contributed by atoms with Gasteiger partial charge in [-0.25, -0.2) is 19.3 Å². The lowest BCUT2D eigenvalue weighted by Gasteiger charge is -2.13. The van der Waals surface area contributed by atoms with Gasteiger partial charge in [0.2, 0.25) is 5.91 Å². The first-order valence-electron chi connectivity index (χ1n) is 10.0. The molecule has 0 saturated heterocycles. The second kappa shape index (κ2) is 9.69. The maximum absolute atomic E-state index is 13.3. The van der Waals surface area contributed by atoms with Gasteiger partial charge < -0.3 is 5.32 Å². The van der Waals surface area contributed by atoms with Crippen LogP contribution in [0, 0.1) is 5.82 Å². The molecule has 0 spiro atoms. The fourth-order valence-corrected chi connectivity index (χ4v) is 3.89. The number of aromatic nitrogens is 4. The Morgan fingerprint density at radius 3 is 2.44 bits per heavy atom. The van der Waals surface area contributed by atoms with Gasteiger partial charge in [0.1, 0.15) is 5.82 Å². The van der Waals surface area contributed by atoms with Crippen molar-refractivity contribution in [2.45, 2.75) is 25.0 Å². The van der Waals surface area contributed by atoms with Crippen molar-refractivity contribution in [2.75, 3.05) is 11.1 Å². The Morgan fingerprint density at radius 2 is 1.72 bits per heavy atom. The lowest BCUT2D eigenvalue weighted by Crippen LogP contribution is -2.25. The van der Waals surface area contributed by atoms with Crippen LogP contribution in [0.4, 0.5) is 10.1 Å². The molecule has 0 atom stereocenters. The molecule has 0 unspecified atom stereocenters. The number of carbonyl (C=O) groups excluding carboxylic acids is 1. The second-order valence-electron chi connectivity index (χ2n) is 7.03. The number of anilines is 1. The molecule has 0 aliphatic rings. The van der Waals surface area contributed by atoms with E-state index >= 15 is 0 Å². The van der Waals surface area contributed by atoms with E-state index in [1.165, 1.54) is 34.7 Å². The van der Waals surface area contributed by atoms with Crippen LogP contribution in [0.25, 0.3) is 11.2 Å². The minimum atomic E-state index is -0.370. The zero-order valence-corrected chi connectivity index (χ0v) is 18.1. The first-order chi connectivity index (χ1) is 15.5. The third-order valence-electron chi connectivity index (χ3n) is 4.79. The van der Waals surface area contributed by atoms with E-state index in [0.717, 1.165) is 23.7 Å². The Balaban J connectivity index is 1.57. The van der Waals surface area contributed by atoms with E-state index in [2.05, 4.69) is 27.2 Å². The molecule has 162 valence electrons. The van der Waals surface area contributed by atoms with Crippen molar-refractivity contribution in [3.8, 4) is 0 Å². The maximum atomic E-state index is 13.3. The van der Waals surface area contributed by atoms with Gasteiger partial charge in [0.05, 0.1) is 12.3 Å². The van der Waals surface area contributed by atoms with Crippen molar-refractivity contribution in [3.05, 3.63) is 88.2 Å². The zero-order chi connectivity index (χ0) is 22.5. The second-order valence-corrected chi connectivity index (χ2v) is 7.97. The smallest absolute Gasteiger partial charge is 0.282 e. The van der Waals surface area contributed by atoms with Gasteiger partial charge >= 0.3 is 0 Å². The first kappa shape index (κ1) is 21.6. The van der Waals surface area contributed by atoms with Crippen LogP contribution in [0.5, 0.6) is 0 Å². The van der Waals surface area contributed by atoms with Crippen LogP contribution in [0.3, 0.4) is 0 Å². The number of hydrogen-bond donors (Lipinski definition) is 1. The summed E-state index contributed by atoms with van der Waals surface area (Å²) in [5.74, 6) is -0.528. The predicted molar refractivity (Wildman–Crippen MR) is 122 cm³/mol. The number of nitrogens with one attached hydrogen (secondary N) is 1. The van der Waals surface area contributed by atoms with E-state index in [-0.39, 0.29) is 40.7 Å². The Hall–Kier alpha value is -3.59. The summed E-state index contributed by atoms with van der Waals surface area (Å²) in [7, 11) is 0. The summed E-state index contributed by atoms with van der Waals surface area (Å²) in [6.45, 7) is 2.23. The van der Waals surface area contributed by atoms with Crippen LogP contribution < -0.4 is 10.9 Å².